The van der Waals surface area contributed by atoms with Gasteiger partial charge in [-0.1, -0.05) is 47.6 Å². The van der Waals surface area contributed by atoms with Crippen molar-refractivity contribution >= 4 is 5.71 Å². The highest BCUT2D eigenvalue weighted by Crippen LogP contribution is 2.20. The van der Waals surface area contributed by atoms with Crippen LogP contribution >= 0.6 is 0 Å². The van der Waals surface area contributed by atoms with Crippen LogP contribution in [0.25, 0.3) is 0 Å². The van der Waals surface area contributed by atoms with E-state index in [4.69, 9.17) is 4.99 Å². The summed E-state index contributed by atoms with van der Waals surface area (Å²) in [4.78, 5) is 4.71. The van der Waals surface area contributed by atoms with Crippen molar-refractivity contribution in [2.24, 2.45) is 16.3 Å². The van der Waals surface area contributed by atoms with Crippen molar-refractivity contribution in [3.8, 4) is 0 Å². The highest BCUT2D eigenvalue weighted by atomic mass is 14.8. The zero-order chi connectivity index (χ0) is 11.4. The molecular weight excluding hydrogens is 170 g/mol. The molecule has 0 aromatic heterocycles. The Balaban J connectivity index is 4.83. The third-order valence-corrected chi connectivity index (χ3v) is 2.39. The van der Waals surface area contributed by atoms with Gasteiger partial charge >= 0.3 is 0 Å². The molecule has 0 amide bonds. The lowest BCUT2D eigenvalue weighted by Gasteiger charge is -2.19. The first-order chi connectivity index (χ1) is 6.29. The highest BCUT2D eigenvalue weighted by Gasteiger charge is 2.15. The van der Waals surface area contributed by atoms with Crippen LogP contribution in [-0.2, 0) is 0 Å². The molecule has 0 saturated carbocycles. The van der Waals surface area contributed by atoms with Crippen LogP contribution in [-0.4, -0.2) is 5.71 Å². The molecule has 0 N–H and O–H groups in total. The van der Waals surface area contributed by atoms with Crippen molar-refractivity contribution < 1.29 is 0 Å². The molecule has 0 aliphatic heterocycles. The first kappa shape index (κ1) is 13.4. The number of hydrogen-bond acceptors (Lipinski definition) is 1. The molecule has 0 saturated heterocycles. The Kier molecular flexibility index (Phi) is 5.11. The van der Waals surface area contributed by atoms with Gasteiger partial charge in [-0.25, -0.2) is 0 Å². The molecule has 0 spiro atoms. The van der Waals surface area contributed by atoms with Crippen LogP contribution in [0, 0.1) is 11.3 Å². The van der Waals surface area contributed by atoms with Gasteiger partial charge in [0, 0.05) is 11.4 Å². The van der Waals surface area contributed by atoms with Gasteiger partial charge in [0.25, 0.3) is 0 Å². The number of rotatable bonds is 3. The Morgan fingerprint density at radius 2 is 1.79 bits per heavy atom. The molecule has 1 nitrogen and oxygen atoms in total. The van der Waals surface area contributed by atoms with Gasteiger partial charge in [-0.3, -0.25) is 4.99 Å². The van der Waals surface area contributed by atoms with Gasteiger partial charge in [-0.15, -0.1) is 0 Å². The first-order valence-corrected chi connectivity index (χ1v) is 5.54. The Labute approximate surface area is 89.3 Å². The maximum absolute atomic E-state index is 4.71. The fraction of sp³-hybridized carbons (Fsp3) is 0.769. The van der Waals surface area contributed by atoms with E-state index in [0.717, 1.165) is 6.42 Å². The number of allylic oxidation sites excluding steroid dienone is 2. The van der Waals surface area contributed by atoms with Gasteiger partial charge in [0.15, 0.2) is 0 Å². The molecule has 0 rings (SSSR count). The van der Waals surface area contributed by atoms with Crippen molar-refractivity contribution in [3.63, 3.8) is 0 Å². The van der Waals surface area contributed by atoms with E-state index in [1.165, 1.54) is 11.4 Å². The van der Waals surface area contributed by atoms with E-state index in [-0.39, 0.29) is 5.41 Å². The van der Waals surface area contributed by atoms with E-state index in [1.54, 1.807) is 0 Å². The number of hydrogen-bond donors (Lipinski definition) is 0. The second-order valence-electron chi connectivity index (χ2n) is 5.14. The molecule has 0 aliphatic rings. The van der Waals surface area contributed by atoms with Gasteiger partial charge in [0.1, 0.15) is 0 Å². The summed E-state index contributed by atoms with van der Waals surface area (Å²) >= 11 is 0. The molecular formula is C13H25N. The SMILES string of the molecule is CC/C=C(\N=C(C)C(C)(C)C)C(C)C. The van der Waals surface area contributed by atoms with E-state index < -0.39 is 0 Å². The molecule has 1 heteroatoms. The normalized spacial score (nSPS) is 15.1. The predicted molar refractivity (Wildman–Crippen MR) is 65.8 cm³/mol. The molecule has 14 heavy (non-hydrogen) atoms. The van der Waals surface area contributed by atoms with Crippen LogP contribution in [0.2, 0.25) is 0 Å². The van der Waals surface area contributed by atoms with Crippen molar-refractivity contribution in [2.45, 2.75) is 54.9 Å². The Morgan fingerprint density at radius 1 is 1.29 bits per heavy atom. The quantitative estimate of drug-likeness (QED) is 0.590. The Hall–Kier alpha value is -0.590. The van der Waals surface area contributed by atoms with E-state index in [9.17, 15) is 0 Å². The minimum atomic E-state index is 0.182. The molecule has 0 heterocycles. The van der Waals surface area contributed by atoms with Crippen molar-refractivity contribution in [3.05, 3.63) is 11.8 Å². The van der Waals surface area contributed by atoms with Crippen molar-refractivity contribution in [1.82, 2.24) is 0 Å². The monoisotopic (exact) mass is 195 g/mol. The average molecular weight is 195 g/mol. The maximum atomic E-state index is 4.71. The molecule has 0 atom stereocenters. The van der Waals surface area contributed by atoms with Gasteiger partial charge in [0.05, 0.1) is 0 Å². The lowest BCUT2D eigenvalue weighted by Crippen LogP contribution is -2.17. The van der Waals surface area contributed by atoms with E-state index in [1.807, 2.05) is 0 Å². The zero-order valence-electron chi connectivity index (χ0n) is 10.8. The third-order valence-electron chi connectivity index (χ3n) is 2.39. The van der Waals surface area contributed by atoms with Gasteiger partial charge in [-0.2, -0.15) is 0 Å². The predicted octanol–water partition coefficient (Wildman–Crippen LogP) is 4.44. The third kappa shape index (κ3) is 4.59. The summed E-state index contributed by atoms with van der Waals surface area (Å²) in [5.74, 6) is 0.521. The summed E-state index contributed by atoms with van der Waals surface area (Å²) in [6.07, 6.45) is 3.29. The zero-order valence-corrected chi connectivity index (χ0v) is 10.8. The molecule has 0 aromatic rings. The fourth-order valence-electron chi connectivity index (χ4n) is 0.981. The minimum absolute atomic E-state index is 0.182. The van der Waals surface area contributed by atoms with Crippen LogP contribution in [0.3, 0.4) is 0 Å². The topological polar surface area (TPSA) is 12.4 Å². The molecule has 0 aromatic carbocycles. The summed E-state index contributed by atoms with van der Waals surface area (Å²) in [5.41, 5.74) is 2.62. The molecule has 0 aliphatic carbocycles. The van der Waals surface area contributed by atoms with Crippen molar-refractivity contribution in [1.29, 1.82) is 0 Å². The largest absolute Gasteiger partial charge is 0.262 e. The van der Waals surface area contributed by atoms with E-state index in [0.29, 0.717) is 5.92 Å². The molecule has 0 radical (unpaired) electrons. The summed E-state index contributed by atoms with van der Waals surface area (Å²) < 4.78 is 0. The summed E-state index contributed by atoms with van der Waals surface area (Å²) in [6.45, 7) is 15.3. The van der Waals surface area contributed by atoms with Gasteiger partial charge in [-0.05, 0) is 24.7 Å². The smallest absolute Gasteiger partial charge is 0.0388 e. The van der Waals surface area contributed by atoms with Crippen LogP contribution in [0.15, 0.2) is 16.8 Å². The van der Waals surface area contributed by atoms with Crippen LogP contribution in [0.5, 0.6) is 0 Å². The molecule has 82 valence electrons. The lowest BCUT2D eigenvalue weighted by atomic mass is 9.91. The minimum Gasteiger partial charge on any atom is -0.262 e. The maximum Gasteiger partial charge on any atom is 0.0388 e. The van der Waals surface area contributed by atoms with Crippen LogP contribution in [0.1, 0.15) is 54.9 Å². The highest BCUT2D eigenvalue weighted by molar-refractivity contribution is 5.87. The fourth-order valence-corrected chi connectivity index (χ4v) is 0.981. The molecule has 0 bridgehead atoms. The van der Waals surface area contributed by atoms with E-state index in [2.05, 4.69) is 54.5 Å². The number of aliphatic imine (C=N–C) groups is 1. The Bertz CT molecular complexity index is 226. The van der Waals surface area contributed by atoms with Gasteiger partial charge < -0.3 is 0 Å². The first-order valence-electron chi connectivity index (χ1n) is 5.54. The van der Waals surface area contributed by atoms with Crippen LogP contribution < -0.4 is 0 Å². The summed E-state index contributed by atoms with van der Waals surface area (Å²) in [5, 5.41) is 0. The summed E-state index contributed by atoms with van der Waals surface area (Å²) in [6, 6.07) is 0. The molecule has 0 fully saturated rings. The number of nitrogens with zero attached hydrogens (tertiary/aromatic N) is 1. The van der Waals surface area contributed by atoms with Crippen molar-refractivity contribution in [2.75, 3.05) is 0 Å². The lowest BCUT2D eigenvalue weighted by molar-refractivity contribution is 0.584. The Morgan fingerprint density at radius 3 is 2.07 bits per heavy atom. The van der Waals surface area contributed by atoms with Gasteiger partial charge in [0.2, 0.25) is 0 Å². The average Bonchev–Trinajstić information content (AvgIpc) is 2.01. The second kappa shape index (κ2) is 5.33. The second-order valence-corrected chi connectivity index (χ2v) is 5.14. The van der Waals surface area contributed by atoms with E-state index >= 15 is 0 Å². The summed E-state index contributed by atoms with van der Waals surface area (Å²) in [7, 11) is 0. The standard InChI is InChI=1S/C13H25N/c1-8-9-12(10(2)3)14-11(4)13(5,6)7/h9-10H,8H2,1-7H3/b12-9-,14-11?. The molecule has 0 unspecified atom stereocenters. The van der Waals surface area contributed by atoms with Crippen LogP contribution in [0.4, 0.5) is 0 Å².